The molecule has 0 aliphatic carbocycles. The van der Waals surface area contributed by atoms with Gasteiger partial charge in [0.2, 0.25) is 0 Å². The SMILES string of the molecule is C[C@@H]1C(=NO)[C@H](C)[C@@H](c2ccccc2)N[C@H]1c1ccccc1. The van der Waals surface area contributed by atoms with Gasteiger partial charge in [0.25, 0.3) is 0 Å². The Kier molecular flexibility index (Phi) is 4.25. The fourth-order valence-electron chi connectivity index (χ4n) is 3.51. The van der Waals surface area contributed by atoms with Crippen LogP contribution in [0.25, 0.3) is 0 Å². The molecule has 1 heterocycles. The van der Waals surface area contributed by atoms with Crippen LogP contribution in [0.5, 0.6) is 0 Å². The number of nitrogens with one attached hydrogen (secondary N) is 1. The van der Waals surface area contributed by atoms with Crippen molar-refractivity contribution in [1.29, 1.82) is 0 Å². The first kappa shape index (κ1) is 14.8. The molecule has 2 aromatic carbocycles. The Balaban J connectivity index is 1.99. The number of nitrogens with zero attached hydrogens (tertiary/aromatic N) is 1. The molecule has 1 saturated heterocycles. The second-order valence-corrected chi connectivity index (χ2v) is 6.05. The zero-order valence-electron chi connectivity index (χ0n) is 13.0. The smallest absolute Gasteiger partial charge is 0.0664 e. The van der Waals surface area contributed by atoms with Gasteiger partial charge >= 0.3 is 0 Å². The molecule has 1 fully saturated rings. The highest BCUT2D eigenvalue weighted by atomic mass is 16.4. The van der Waals surface area contributed by atoms with E-state index in [9.17, 15) is 5.21 Å². The molecule has 3 heteroatoms. The average Bonchev–Trinajstić information content (AvgIpc) is 2.57. The predicted octanol–water partition coefficient (Wildman–Crippen LogP) is 4.17. The van der Waals surface area contributed by atoms with E-state index in [2.05, 4.69) is 72.9 Å². The van der Waals surface area contributed by atoms with Crippen LogP contribution in [0, 0.1) is 11.8 Å². The third-order valence-electron chi connectivity index (χ3n) is 4.73. The van der Waals surface area contributed by atoms with E-state index < -0.39 is 0 Å². The Morgan fingerprint density at radius 3 is 1.55 bits per heavy atom. The van der Waals surface area contributed by atoms with Crippen LogP contribution >= 0.6 is 0 Å². The van der Waals surface area contributed by atoms with Crippen molar-refractivity contribution >= 4 is 5.71 Å². The van der Waals surface area contributed by atoms with E-state index in [1.165, 1.54) is 11.1 Å². The summed E-state index contributed by atoms with van der Waals surface area (Å²) in [7, 11) is 0. The molecule has 3 nitrogen and oxygen atoms in total. The Labute approximate surface area is 131 Å². The summed E-state index contributed by atoms with van der Waals surface area (Å²) in [6, 6.07) is 21.0. The third kappa shape index (κ3) is 2.64. The van der Waals surface area contributed by atoms with Crippen LogP contribution in [0.4, 0.5) is 0 Å². The summed E-state index contributed by atoms with van der Waals surface area (Å²) in [4.78, 5) is 0. The highest BCUT2D eigenvalue weighted by Crippen LogP contribution is 2.38. The lowest BCUT2D eigenvalue weighted by Gasteiger charge is -2.41. The van der Waals surface area contributed by atoms with Crippen LogP contribution < -0.4 is 5.32 Å². The molecule has 0 bridgehead atoms. The molecule has 0 spiro atoms. The van der Waals surface area contributed by atoms with Crippen molar-refractivity contribution in [3.8, 4) is 0 Å². The lowest BCUT2D eigenvalue weighted by Crippen LogP contribution is -2.46. The van der Waals surface area contributed by atoms with Gasteiger partial charge in [0.15, 0.2) is 0 Å². The van der Waals surface area contributed by atoms with Crippen molar-refractivity contribution in [3.05, 3.63) is 71.8 Å². The average molecular weight is 294 g/mol. The van der Waals surface area contributed by atoms with Crippen LogP contribution in [0.15, 0.2) is 65.8 Å². The van der Waals surface area contributed by atoms with Crippen molar-refractivity contribution in [2.24, 2.45) is 17.0 Å². The summed E-state index contributed by atoms with van der Waals surface area (Å²) in [6.07, 6.45) is 0. The number of hydrogen-bond donors (Lipinski definition) is 2. The highest BCUT2D eigenvalue weighted by molar-refractivity contribution is 5.90. The highest BCUT2D eigenvalue weighted by Gasteiger charge is 2.38. The fraction of sp³-hybridized carbons (Fsp3) is 0.316. The molecular weight excluding hydrogens is 272 g/mol. The van der Waals surface area contributed by atoms with Gasteiger partial charge in [-0.25, -0.2) is 0 Å². The molecule has 0 unspecified atom stereocenters. The minimum Gasteiger partial charge on any atom is -0.411 e. The molecule has 2 N–H and O–H groups in total. The standard InChI is InChI=1S/C19H22N2O/c1-13-17(21-22)14(2)19(16-11-7-4-8-12-16)20-18(13)15-9-5-3-6-10-15/h3-14,18-20,22H,1-2H3/t13-,14+,18-,19+. The van der Waals surface area contributed by atoms with Crippen molar-refractivity contribution in [1.82, 2.24) is 5.32 Å². The Morgan fingerprint density at radius 1 is 0.773 bits per heavy atom. The molecule has 1 aliphatic heterocycles. The number of rotatable bonds is 2. The Hall–Kier alpha value is -2.13. The van der Waals surface area contributed by atoms with Gasteiger partial charge in [-0.15, -0.1) is 0 Å². The fourth-order valence-corrected chi connectivity index (χ4v) is 3.51. The van der Waals surface area contributed by atoms with E-state index in [0.717, 1.165) is 5.71 Å². The van der Waals surface area contributed by atoms with Gasteiger partial charge in [-0.05, 0) is 11.1 Å². The summed E-state index contributed by atoms with van der Waals surface area (Å²) in [5.41, 5.74) is 3.31. The van der Waals surface area contributed by atoms with Crippen LogP contribution in [-0.4, -0.2) is 10.9 Å². The minimum atomic E-state index is 0.147. The van der Waals surface area contributed by atoms with E-state index in [4.69, 9.17) is 0 Å². The minimum absolute atomic E-state index is 0.147. The van der Waals surface area contributed by atoms with E-state index >= 15 is 0 Å². The second kappa shape index (κ2) is 6.32. The molecule has 0 radical (unpaired) electrons. The largest absolute Gasteiger partial charge is 0.411 e. The maximum absolute atomic E-state index is 9.52. The molecule has 2 aromatic rings. The summed E-state index contributed by atoms with van der Waals surface area (Å²) in [6.45, 7) is 4.24. The Morgan fingerprint density at radius 2 is 1.18 bits per heavy atom. The van der Waals surface area contributed by atoms with Crippen molar-refractivity contribution in [2.45, 2.75) is 25.9 Å². The quantitative estimate of drug-likeness (QED) is 0.645. The topological polar surface area (TPSA) is 44.6 Å². The zero-order chi connectivity index (χ0) is 15.5. The van der Waals surface area contributed by atoms with E-state index in [1.807, 2.05) is 12.1 Å². The van der Waals surface area contributed by atoms with E-state index in [1.54, 1.807) is 0 Å². The maximum Gasteiger partial charge on any atom is 0.0664 e. The lowest BCUT2D eigenvalue weighted by molar-refractivity contribution is 0.271. The molecule has 1 aliphatic rings. The van der Waals surface area contributed by atoms with Gasteiger partial charge in [-0.3, -0.25) is 0 Å². The summed E-state index contributed by atoms with van der Waals surface area (Å²) < 4.78 is 0. The third-order valence-corrected chi connectivity index (χ3v) is 4.73. The van der Waals surface area contributed by atoms with E-state index in [0.29, 0.717) is 0 Å². The monoisotopic (exact) mass is 294 g/mol. The molecule has 0 aromatic heterocycles. The number of piperidine rings is 1. The first-order valence-corrected chi connectivity index (χ1v) is 7.80. The van der Waals surface area contributed by atoms with Crippen molar-refractivity contribution in [2.75, 3.05) is 0 Å². The van der Waals surface area contributed by atoms with Gasteiger partial charge < -0.3 is 10.5 Å². The maximum atomic E-state index is 9.52. The number of benzene rings is 2. The molecule has 0 saturated carbocycles. The molecule has 22 heavy (non-hydrogen) atoms. The summed E-state index contributed by atoms with van der Waals surface area (Å²) in [5, 5.41) is 16.9. The van der Waals surface area contributed by atoms with Crippen LogP contribution in [0.3, 0.4) is 0 Å². The van der Waals surface area contributed by atoms with Crippen LogP contribution in [-0.2, 0) is 0 Å². The van der Waals surface area contributed by atoms with Gasteiger partial charge in [0.1, 0.15) is 0 Å². The van der Waals surface area contributed by atoms with Crippen LogP contribution in [0.2, 0.25) is 0 Å². The second-order valence-electron chi connectivity index (χ2n) is 6.05. The van der Waals surface area contributed by atoms with Crippen molar-refractivity contribution in [3.63, 3.8) is 0 Å². The van der Waals surface area contributed by atoms with Gasteiger partial charge in [-0.2, -0.15) is 0 Å². The molecule has 4 atom stereocenters. The molecular formula is C19H22N2O. The normalized spacial score (nSPS) is 30.4. The van der Waals surface area contributed by atoms with Crippen LogP contribution in [0.1, 0.15) is 37.1 Å². The summed E-state index contributed by atoms with van der Waals surface area (Å²) >= 11 is 0. The van der Waals surface area contributed by atoms with Gasteiger partial charge in [-0.1, -0.05) is 79.7 Å². The first-order chi connectivity index (χ1) is 10.7. The first-order valence-electron chi connectivity index (χ1n) is 7.80. The molecule has 114 valence electrons. The van der Waals surface area contributed by atoms with Gasteiger partial charge in [0.05, 0.1) is 5.71 Å². The zero-order valence-corrected chi connectivity index (χ0v) is 13.0. The molecule has 3 rings (SSSR count). The number of hydrogen-bond acceptors (Lipinski definition) is 3. The van der Waals surface area contributed by atoms with Crippen molar-refractivity contribution < 1.29 is 5.21 Å². The predicted molar refractivity (Wildman–Crippen MR) is 89.1 cm³/mol. The lowest BCUT2D eigenvalue weighted by atomic mass is 9.75. The summed E-state index contributed by atoms with van der Waals surface area (Å²) in [5.74, 6) is 0.310. The number of oxime groups is 1. The van der Waals surface area contributed by atoms with Gasteiger partial charge in [0, 0.05) is 23.9 Å². The van der Waals surface area contributed by atoms with E-state index in [-0.39, 0.29) is 23.9 Å². The Bertz CT molecular complexity index is 585. The molecule has 0 amide bonds.